The van der Waals surface area contributed by atoms with Gasteiger partial charge in [-0.25, -0.2) is 4.79 Å². The van der Waals surface area contributed by atoms with E-state index in [1.807, 2.05) is 44.4 Å². The highest BCUT2D eigenvalue weighted by molar-refractivity contribution is 6.15. The molecule has 1 heterocycles. The lowest BCUT2D eigenvalue weighted by atomic mass is 10.1. The van der Waals surface area contributed by atoms with Crippen LogP contribution in [0.15, 0.2) is 54.3 Å². The van der Waals surface area contributed by atoms with Gasteiger partial charge in [0.2, 0.25) is 5.78 Å². The summed E-state index contributed by atoms with van der Waals surface area (Å²) >= 11 is 0. The summed E-state index contributed by atoms with van der Waals surface area (Å²) in [5.41, 5.74) is 1.20. The molecule has 0 aromatic heterocycles. The van der Waals surface area contributed by atoms with E-state index in [2.05, 4.69) is 5.32 Å². The summed E-state index contributed by atoms with van der Waals surface area (Å²) in [7, 11) is 3.75. The summed E-state index contributed by atoms with van der Waals surface area (Å²) in [6.45, 7) is 0. The Morgan fingerprint density at radius 3 is 2.39 bits per heavy atom. The molecule has 3 rings (SSSR count). The van der Waals surface area contributed by atoms with E-state index < -0.39 is 5.97 Å². The number of carboxylic acids is 1. The van der Waals surface area contributed by atoms with Crippen LogP contribution in [0.1, 0.15) is 26.3 Å². The van der Waals surface area contributed by atoms with Gasteiger partial charge in [-0.3, -0.25) is 4.79 Å². The number of hydrogen-bond donors (Lipinski definition) is 2. The van der Waals surface area contributed by atoms with Gasteiger partial charge >= 0.3 is 5.97 Å². The van der Waals surface area contributed by atoms with Crippen LogP contribution in [0.3, 0.4) is 0 Å². The Labute approximate surface area is 134 Å². The van der Waals surface area contributed by atoms with E-state index in [1.54, 1.807) is 6.08 Å². The molecule has 0 radical (unpaired) electrons. The molecule has 0 fully saturated rings. The van der Waals surface area contributed by atoms with E-state index in [0.29, 0.717) is 5.75 Å². The average Bonchev–Trinajstić information content (AvgIpc) is 2.85. The molecule has 0 spiro atoms. The van der Waals surface area contributed by atoms with Crippen LogP contribution < -0.4 is 10.1 Å². The first-order valence-corrected chi connectivity index (χ1v) is 7.02. The number of Topliss-reactive ketones (excluding diaryl/α,β-unsaturated/α-hetero) is 1. The van der Waals surface area contributed by atoms with Gasteiger partial charge in [0, 0.05) is 0 Å². The monoisotopic (exact) mass is 311 g/mol. The molecule has 0 saturated carbocycles. The summed E-state index contributed by atoms with van der Waals surface area (Å²) in [6.07, 6.45) is 1.64. The summed E-state index contributed by atoms with van der Waals surface area (Å²) in [5.74, 6) is -0.774. The van der Waals surface area contributed by atoms with Crippen molar-refractivity contribution in [3.63, 3.8) is 0 Å². The predicted octanol–water partition coefficient (Wildman–Crippen LogP) is 2.84. The minimum atomic E-state index is -1.07. The SMILES string of the molecule is CNC.O=C(O)c1ccc2c(c1)C(=O)C(=Cc1ccccc1)O2. The Balaban J connectivity index is 0.000000595. The molecule has 2 aromatic rings. The smallest absolute Gasteiger partial charge is 0.335 e. The number of nitrogens with one attached hydrogen (secondary N) is 1. The van der Waals surface area contributed by atoms with Gasteiger partial charge < -0.3 is 15.2 Å². The second-order valence-corrected chi connectivity index (χ2v) is 4.87. The lowest BCUT2D eigenvalue weighted by Crippen LogP contribution is -2.00. The Hall–Kier alpha value is -2.92. The summed E-state index contributed by atoms with van der Waals surface area (Å²) in [4.78, 5) is 23.1. The minimum Gasteiger partial charge on any atom is -0.478 e. The Morgan fingerprint density at radius 2 is 1.78 bits per heavy atom. The quantitative estimate of drug-likeness (QED) is 0.834. The van der Waals surface area contributed by atoms with E-state index in [0.717, 1.165) is 5.56 Å². The van der Waals surface area contributed by atoms with E-state index in [-0.39, 0.29) is 22.7 Å². The third-order valence-corrected chi connectivity index (χ3v) is 3.01. The van der Waals surface area contributed by atoms with E-state index in [9.17, 15) is 9.59 Å². The predicted molar refractivity (Wildman–Crippen MR) is 87.8 cm³/mol. The van der Waals surface area contributed by atoms with Crippen LogP contribution in [0.2, 0.25) is 0 Å². The molecule has 0 bridgehead atoms. The third-order valence-electron chi connectivity index (χ3n) is 3.01. The van der Waals surface area contributed by atoms with Gasteiger partial charge in [-0.2, -0.15) is 0 Å². The van der Waals surface area contributed by atoms with Gasteiger partial charge in [0.1, 0.15) is 5.75 Å². The molecule has 0 unspecified atom stereocenters. The lowest BCUT2D eigenvalue weighted by Gasteiger charge is -1.98. The van der Waals surface area contributed by atoms with Crippen molar-refractivity contribution in [1.29, 1.82) is 0 Å². The van der Waals surface area contributed by atoms with Crippen LogP contribution in [0, 0.1) is 0 Å². The summed E-state index contributed by atoms with van der Waals surface area (Å²) in [6, 6.07) is 13.6. The van der Waals surface area contributed by atoms with E-state index >= 15 is 0 Å². The van der Waals surface area contributed by atoms with Crippen molar-refractivity contribution in [2.75, 3.05) is 14.1 Å². The zero-order valence-electron chi connectivity index (χ0n) is 12.9. The number of benzene rings is 2. The van der Waals surface area contributed by atoms with E-state index in [1.165, 1.54) is 18.2 Å². The molecule has 0 amide bonds. The van der Waals surface area contributed by atoms with E-state index in [4.69, 9.17) is 9.84 Å². The van der Waals surface area contributed by atoms with Crippen molar-refractivity contribution < 1.29 is 19.4 Å². The molecule has 1 aliphatic rings. The zero-order chi connectivity index (χ0) is 16.8. The third kappa shape index (κ3) is 3.84. The van der Waals surface area contributed by atoms with Crippen molar-refractivity contribution in [3.8, 4) is 5.75 Å². The maximum absolute atomic E-state index is 12.2. The highest BCUT2D eigenvalue weighted by Gasteiger charge is 2.28. The van der Waals surface area contributed by atoms with Crippen LogP contribution in [-0.2, 0) is 0 Å². The fraction of sp³-hybridized carbons (Fsp3) is 0.111. The number of carbonyl (C=O) groups excluding carboxylic acids is 1. The molecule has 2 aromatic carbocycles. The van der Waals surface area contributed by atoms with Crippen molar-refractivity contribution in [2.24, 2.45) is 0 Å². The Bertz CT molecular complexity index is 751. The highest BCUT2D eigenvalue weighted by atomic mass is 16.5. The highest BCUT2D eigenvalue weighted by Crippen LogP contribution is 2.32. The normalized spacial score (nSPS) is 13.8. The van der Waals surface area contributed by atoms with Gasteiger partial charge in [-0.05, 0) is 43.9 Å². The first kappa shape index (κ1) is 16.5. The topological polar surface area (TPSA) is 75.6 Å². The molecule has 0 aliphatic carbocycles. The molecule has 0 atom stereocenters. The standard InChI is InChI=1S/C16H10O4.C2H7N/c17-15-12-9-11(16(18)19)6-7-13(12)20-14(15)8-10-4-2-1-3-5-10;1-3-2/h1-9H,(H,18,19);3H,1-2H3. The molecular weight excluding hydrogens is 294 g/mol. The summed E-state index contributed by atoms with van der Waals surface area (Å²) in [5, 5.41) is 11.7. The molecule has 0 saturated heterocycles. The largest absolute Gasteiger partial charge is 0.478 e. The molecule has 1 aliphatic heterocycles. The maximum Gasteiger partial charge on any atom is 0.335 e. The molecule has 118 valence electrons. The number of fused-ring (bicyclic) bond motifs is 1. The fourth-order valence-electron chi connectivity index (χ4n) is 2.02. The number of ketones is 1. The van der Waals surface area contributed by atoms with Gasteiger partial charge in [-0.1, -0.05) is 30.3 Å². The maximum atomic E-state index is 12.2. The van der Waals surface area contributed by atoms with Crippen molar-refractivity contribution in [2.45, 2.75) is 0 Å². The zero-order valence-corrected chi connectivity index (χ0v) is 12.9. The van der Waals surface area contributed by atoms with Crippen molar-refractivity contribution in [1.82, 2.24) is 5.32 Å². The lowest BCUT2D eigenvalue weighted by molar-refractivity contribution is 0.0697. The van der Waals surface area contributed by atoms with Crippen molar-refractivity contribution >= 4 is 17.8 Å². The minimum absolute atomic E-state index is 0.0710. The average molecular weight is 311 g/mol. The Morgan fingerprint density at radius 1 is 1.13 bits per heavy atom. The number of aromatic carboxylic acids is 1. The second kappa shape index (κ2) is 7.38. The van der Waals surface area contributed by atoms with Crippen LogP contribution in [0.5, 0.6) is 5.75 Å². The number of allylic oxidation sites excluding steroid dienone is 1. The van der Waals surface area contributed by atoms with Crippen LogP contribution in [0.4, 0.5) is 0 Å². The number of hydrogen-bond acceptors (Lipinski definition) is 4. The van der Waals surface area contributed by atoms with Gasteiger partial charge in [0.05, 0.1) is 11.1 Å². The van der Waals surface area contributed by atoms with Crippen molar-refractivity contribution in [3.05, 3.63) is 71.0 Å². The Kier molecular flexibility index (Phi) is 5.28. The molecular formula is C18H17NO4. The molecule has 23 heavy (non-hydrogen) atoms. The number of ether oxygens (including phenoxy) is 1. The number of carboxylic acid groups (broad SMARTS) is 1. The van der Waals surface area contributed by atoms with Crippen LogP contribution >= 0.6 is 0 Å². The van der Waals surface area contributed by atoms with Crippen LogP contribution in [-0.4, -0.2) is 31.0 Å². The second-order valence-electron chi connectivity index (χ2n) is 4.87. The number of rotatable bonds is 2. The number of carbonyl (C=O) groups is 2. The van der Waals surface area contributed by atoms with Gasteiger partial charge in [0.25, 0.3) is 0 Å². The molecule has 5 nitrogen and oxygen atoms in total. The van der Waals surface area contributed by atoms with Gasteiger partial charge in [-0.15, -0.1) is 0 Å². The van der Waals surface area contributed by atoms with Crippen LogP contribution in [0.25, 0.3) is 6.08 Å². The summed E-state index contributed by atoms with van der Waals surface area (Å²) < 4.78 is 5.48. The first-order chi connectivity index (χ1) is 11.1. The first-order valence-electron chi connectivity index (χ1n) is 7.02. The molecule has 5 heteroatoms. The fourth-order valence-corrected chi connectivity index (χ4v) is 2.02. The van der Waals surface area contributed by atoms with Gasteiger partial charge in [0.15, 0.2) is 5.76 Å². The molecule has 2 N–H and O–H groups in total.